The van der Waals surface area contributed by atoms with Gasteiger partial charge in [-0.1, -0.05) is 30.9 Å². The first-order valence-corrected chi connectivity index (χ1v) is 6.16. The van der Waals surface area contributed by atoms with Crippen molar-refractivity contribution in [1.29, 1.82) is 5.41 Å². The van der Waals surface area contributed by atoms with E-state index in [1.54, 1.807) is 18.4 Å². The zero-order valence-electron chi connectivity index (χ0n) is 11.5. The smallest absolute Gasteiger partial charge is 0.0183 e. The molecule has 0 heterocycles. The van der Waals surface area contributed by atoms with Crippen LogP contribution in [-0.4, -0.2) is 6.21 Å². The highest BCUT2D eigenvalue weighted by Gasteiger charge is 2.03. The molecule has 0 atom stereocenters. The predicted octanol–water partition coefficient (Wildman–Crippen LogP) is 4.09. The summed E-state index contributed by atoms with van der Waals surface area (Å²) in [6, 6.07) is 6.28. The number of nitrogens with one attached hydrogen (secondary N) is 1. The average Bonchev–Trinajstić information content (AvgIpc) is 2.41. The SMILES string of the molecule is C=C/C(=C\C=N)c1cc(C)cc(C(/C=C\N)=C/C)c1. The number of rotatable bonds is 5. The number of hydrogen-bond donors (Lipinski definition) is 2. The Balaban J connectivity index is 3.39. The molecule has 3 N–H and O–H groups in total. The van der Waals surface area contributed by atoms with E-state index < -0.39 is 0 Å². The highest BCUT2D eigenvalue weighted by Crippen LogP contribution is 2.24. The van der Waals surface area contributed by atoms with E-state index in [4.69, 9.17) is 11.1 Å². The van der Waals surface area contributed by atoms with Crippen LogP contribution in [0, 0.1) is 12.3 Å². The number of allylic oxidation sites excluding steroid dienone is 6. The molecule has 0 spiro atoms. The van der Waals surface area contributed by atoms with Gasteiger partial charge in [0.25, 0.3) is 0 Å². The molecule has 1 aromatic carbocycles. The maximum atomic E-state index is 7.19. The predicted molar refractivity (Wildman–Crippen MR) is 85.1 cm³/mol. The van der Waals surface area contributed by atoms with Crippen molar-refractivity contribution < 1.29 is 0 Å². The van der Waals surface area contributed by atoms with E-state index in [1.165, 1.54) is 6.21 Å². The zero-order valence-corrected chi connectivity index (χ0v) is 11.5. The summed E-state index contributed by atoms with van der Waals surface area (Å²) in [6.45, 7) is 7.83. The molecule has 0 amide bonds. The van der Waals surface area contributed by atoms with E-state index in [0.717, 1.165) is 27.8 Å². The van der Waals surface area contributed by atoms with Crippen LogP contribution >= 0.6 is 0 Å². The lowest BCUT2D eigenvalue weighted by Gasteiger charge is -2.09. The molecule has 0 saturated carbocycles. The fraction of sp³-hybridized carbons (Fsp3) is 0.118. The molecule has 0 aliphatic carbocycles. The Morgan fingerprint density at radius 2 is 1.84 bits per heavy atom. The van der Waals surface area contributed by atoms with Crippen molar-refractivity contribution >= 4 is 17.4 Å². The van der Waals surface area contributed by atoms with Gasteiger partial charge in [0.05, 0.1) is 0 Å². The van der Waals surface area contributed by atoms with Gasteiger partial charge in [0.1, 0.15) is 0 Å². The van der Waals surface area contributed by atoms with Crippen molar-refractivity contribution in [3.8, 4) is 0 Å². The molecular weight excluding hydrogens is 232 g/mol. The molecule has 0 radical (unpaired) electrons. The monoisotopic (exact) mass is 252 g/mol. The molecule has 0 aromatic heterocycles. The first-order valence-electron chi connectivity index (χ1n) is 6.16. The highest BCUT2D eigenvalue weighted by molar-refractivity contribution is 5.88. The van der Waals surface area contributed by atoms with Gasteiger partial charge in [-0.3, -0.25) is 0 Å². The number of hydrogen-bond acceptors (Lipinski definition) is 2. The minimum atomic E-state index is 0.937. The fourth-order valence-corrected chi connectivity index (χ4v) is 1.95. The Kier molecular flexibility index (Phi) is 5.55. The molecule has 0 aliphatic rings. The number of aryl methyl sites for hydroxylation is 1. The van der Waals surface area contributed by atoms with E-state index >= 15 is 0 Å². The highest BCUT2D eigenvalue weighted by atomic mass is 14.5. The van der Waals surface area contributed by atoms with Crippen molar-refractivity contribution in [2.45, 2.75) is 13.8 Å². The van der Waals surface area contributed by atoms with Gasteiger partial charge in [0, 0.05) is 6.21 Å². The molecule has 0 aliphatic heterocycles. The summed E-state index contributed by atoms with van der Waals surface area (Å²) in [6.07, 6.45) is 10.2. The maximum absolute atomic E-state index is 7.19. The molecule has 2 nitrogen and oxygen atoms in total. The van der Waals surface area contributed by atoms with Crippen molar-refractivity contribution in [3.05, 3.63) is 72.0 Å². The molecule has 19 heavy (non-hydrogen) atoms. The van der Waals surface area contributed by atoms with Crippen molar-refractivity contribution in [1.82, 2.24) is 0 Å². The van der Waals surface area contributed by atoms with E-state index in [-0.39, 0.29) is 0 Å². The molecule has 2 heteroatoms. The number of nitrogens with two attached hydrogens (primary N) is 1. The first kappa shape index (κ1) is 14.7. The van der Waals surface area contributed by atoms with Gasteiger partial charge in [-0.05, 0) is 66.1 Å². The van der Waals surface area contributed by atoms with Crippen LogP contribution in [0.3, 0.4) is 0 Å². The van der Waals surface area contributed by atoms with Crippen LogP contribution in [0.4, 0.5) is 0 Å². The molecule has 1 aromatic rings. The standard InChI is InChI=1S/C17H20N2/c1-4-14(6-8-18)16-10-13(3)11-17(12-16)15(5-2)7-9-19/h4-12,18H,1,19H2,2-3H3/b9-7-,14-6+,15-5+,18-8?. The molecule has 0 fully saturated rings. The van der Waals surface area contributed by atoms with Crippen molar-refractivity contribution in [2.24, 2.45) is 5.73 Å². The van der Waals surface area contributed by atoms with Gasteiger partial charge in [0.15, 0.2) is 0 Å². The second kappa shape index (κ2) is 7.17. The molecular formula is C17H20N2. The van der Waals surface area contributed by atoms with Crippen molar-refractivity contribution in [3.63, 3.8) is 0 Å². The van der Waals surface area contributed by atoms with Crippen LogP contribution in [-0.2, 0) is 0 Å². The molecule has 0 saturated heterocycles. The van der Waals surface area contributed by atoms with Crippen LogP contribution in [0.5, 0.6) is 0 Å². The lowest BCUT2D eigenvalue weighted by atomic mass is 9.96. The third-order valence-corrected chi connectivity index (χ3v) is 2.81. The second-order valence-electron chi connectivity index (χ2n) is 4.18. The van der Waals surface area contributed by atoms with Gasteiger partial charge in [-0.25, -0.2) is 0 Å². The van der Waals surface area contributed by atoms with Gasteiger partial charge in [0.2, 0.25) is 0 Å². The Hall–Kier alpha value is -2.35. The van der Waals surface area contributed by atoms with Crippen LogP contribution in [0.25, 0.3) is 11.1 Å². The minimum absolute atomic E-state index is 0.937. The summed E-state index contributed by atoms with van der Waals surface area (Å²) in [5.41, 5.74) is 10.8. The Labute approximate surface area is 115 Å². The molecule has 0 unspecified atom stereocenters. The Morgan fingerprint density at radius 1 is 1.21 bits per heavy atom. The minimum Gasteiger partial charge on any atom is -0.405 e. The lowest BCUT2D eigenvalue weighted by molar-refractivity contribution is 1.42. The van der Waals surface area contributed by atoms with Gasteiger partial charge < -0.3 is 11.1 Å². The maximum Gasteiger partial charge on any atom is 0.0183 e. The first-order chi connectivity index (χ1) is 9.15. The number of benzene rings is 1. The normalized spacial score (nSPS) is 12.7. The zero-order chi connectivity index (χ0) is 14.3. The summed E-state index contributed by atoms with van der Waals surface area (Å²) in [4.78, 5) is 0. The van der Waals surface area contributed by atoms with E-state index in [0.29, 0.717) is 0 Å². The lowest BCUT2D eigenvalue weighted by Crippen LogP contribution is -1.90. The van der Waals surface area contributed by atoms with Gasteiger partial charge >= 0.3 is 0 Å². The largest absolute Gasteiger partial charge is 0.405 e. The Bertz CT molecular complexity index is 561. The van der Waals surface area contributed by atoms with Crippen LogP contribution in [0.15, 0.2) is 55.3 Å². The average molecular weight is 252 g/mol. The van der Waals surface area contributed by atoms with E-state index in [1.807, 2.05) is 19.1 Å². The van der Waals surface area contributed by atoms with Crippen LogP contribution in [0.1, 0.15) is 23.6 Å². The van der Waals surface area contributed by atoms with E-state index in [2.05, 4.69) is 31.7 Å². The third-order valence-electron chi connectivity index (χ3n) is 2.81. The Morgan fingerprint density at radius 3 is 2.32 bits per heavy atom. The fourth-order valence-electron chi connectivity index (χ4n) is 1.95. The van der Waals surface area contributed by atoms with Crippen molar-refractivity contribution in [2.75, 3.05) is 0 Å². The summed E-state index contributed by atoms with van der Waals surface area (Å²) in [7, 11) is 0. The molecule has 1 rings (SSSR count). The summed E-state index contributed by atoms with van der Waals surface area (Å²) >= 11 is 0. The second-order valence-corrected chi connectivity index (χ2v) is 4.18. The topological polar surface area (TPSA) is 49.9 Å². The van der Waals surface area contributed by atoms with Crippen LogP contribution in [0.2, 0.25) is 0 Å². The van der Waals surface area contributed by atoms with Gasteiger partial charge in [-0.2, -0.15) is 0 Å². The van der Waals surface area contributed by atoms with Crippen LogP contribution < -0.4 is 5.73 Å². The van der Waals surface area contributed by atoms with E-state index in [9.17, 15) is 0 Å². The molecule has 0 bridgehead atoms. The summed E-state index contributed by atoms with van der Waals surface area (Å²) < 4.78 is 0. The molecule has 98 valence electrons. The third kappa shape index (κ3) is 3.81. The van der Waals surface area contributed by atoms with Gasteiger partial charge in [-0.15, -0.1) is 0 Å². The quantitative estimate of drug-likeness (QED) is 0.602. The summed E-state index contributed by atoms with van der Waals surface area (Å²) in [5.74, 6) is 0. The summed E-state index contributed by atoms with van der Waals surface area (Å²) in [5, 5.41) is 7.19.